The van der Waals surface area contributed by atoms with Gasteiger partial charge in [-0.1, -0.05) is 6.92 Å². The van der Waals surface area contributed by atoms with Gasteiger partial charge in [-0.15, -0.1) is 0 Å². The van der Waals surface area contributed by atoms with Gasteiger partial charge in [0.2, 0.25) is 17.8 Å². The van der Waals surface area contributed by atoms with Crippen molar-refractivity contribution >= 4 is 23.6 Å². The zero-order chi connectivity index (χ0) is 24.8. The van der Waals surface area contributed by atoms with Gasteiger partial charge in [0, 0.05) is 56.2 Å². The number of nitrogens with two attached hydrogens (primary N) is 2. The van der Waals surface area contributed by atoms with Crippen molar-refractivity contribution < 1.29 is 9.53 Å². The zero-order valence-electron chi connectivity index (χ0n) is 20.8. The Morgan fingerprint density at radius 1 is 1.14 bits per heavy atom. The molecule has 4 N–H and O–H groups in total. The summed E-state index contributed by atoms with van der Waals surface area (Å²) in [5, 5.41) is 0. The minimum Gasteiger partial charge on any atom is -0.378 e. The van der Waals surface area contributed by atoms with Crippen LogP contribution in [0.3, 0.4) is 0 Å². The largest absolute Gasteiger partial charge is 0.378 e. The van der Waals surface area contributed by atoms with Crippen LogP contribution in [-0.4, -0.2) is 87.8 Å². The van der Waals surface area contributed by atoms with E-state index in [1.54, 1.807) is 26.2 Å². The second kappa shape index (κ2) is 8.87. The first-order valence-corrected chi connectivity index (χ1v) is 12.4. The van der Waals surface area contributed by atoms with Crippen molar-refractivity contribution in [2.75, 3.05) is 61.5 Å². The second-order valence-electron chi connectivity index (χ2n) is 10.3. The van der Waals surface area contributed by atoms with E-state index >= 15 is 0 Å². The Labute approximate surface area is 205 Å². The summed E-state index contributed by atoms with van der Waals surface area (Å²) in [5.74, 6) is 1.85. The Kier molecular flexibility index (Phi) is 6.00. The van der Waals surface area contributed by atoms with E-state index in [4.69, 9.17) is 26.2 Å². The number of carbonyl (C=O) groups is 1. The van der Waals surface area contributed by atoms with Gasteiger partial charge in [-0.05, 0) is 33.1 Å². The van der Waals surface area contributed by atoms with E-state index in [-0.39, 0.29) is 17.4 Å². The van der Waals surface area contributed by atoms with Crippen LogP contribution in [0.5, 0.6) is 0 Å². The molecule has 0 unspecified atom stereocenters. The minimum absolute atomic E-state index is 0.0105. The molecule has 3 aliphatic heterocycles. The molecule has 188 valence electrons. The number of ether oxygens (including phenoxy) is 1. The molecule has 35 heavy (non-hydrogen) atoms. The van der Waals surface area contributed by atoms with Crippen molar-refractivity contribution in [3.63, 3.8) is 0 Å². The van der Waals surface area contributed by atoms with Crippen LogP contribution in [0.2, 0.25) is 0 Å². The van der Waals surface area contributed by atoms with Gasteiger partial charge >= 0.3 is 0 Å². The number of likely N-dealkylation sites (tertiary alicyclic amines) is 1. The number of rotatable bonds is 5. The normalized spacial score (nSPS) is 22.6. The van der Waals surface area contributed by atoms with Crippen LogP contribution in [0, 0.1) is 0 Å². The highest BCUT2D eigenvalue weighted by Gasteiger charge is 2.48. The van der Waals surface area contributed by atoms with Crippen molar-refractivity contribution in [1.29, 1.82) is 0 Å². The van der Waals surface area contributed by atoms with Crippen LogP contribution in [0.4, 0.5) is 17.7 Å². The van der Waals surface area contributed by atoms with E-state index in [1.807, 2.05) is 4.90 Å². The third kappa shape index (κ3) is 4.27. The van der Waals surface area contributed by atoms with Crippen LogP contribution < -0.4 is 21.3 Å². The van der Waals surface area contributed by atoms with Gasteiger partial charge in [-0.25, -0.2) is 15.0 Å². The van der Waals surface area contributed by atoms with Gasteiger partial charge in [0.15, 0.2) is 0 Å². The van der Waals surface area contributed by atoms with Gasteiger partial charge in [-0.3, -0.25) is 4.79 Å². The molecule has 0 radical (unpaired) electrons. The predicted molar refractivity (Wildman–Crippen MR) is 134 cm³/mol. The standard InChI is InChI=1S/C24H35N9O2/c1-4-24(6-8-32(15-24)20(34)23(2,3)26)33-7-5-17-18(16-13-27-21(25)28-14-16)29-22(30-19(17)33)31-9-11-35-12-10-31/h13-14H,4-12,15,26H2,1-3H3,(H2,25,27,28)/t24-/m1/s1. The molecule has 2 aromatic rings. The second-order valence-corrected chi connectivity index (χ2v) is 10.3. The van der Waals surface area contributed by atoms with Gasteiger partial charge < -0.3 is 30.9 Å². The smallest absolute Gasteiger partial charge is 0.242 e. The fourth-order valence-corrected chi connectivity index (χ4v) is 5.45. The molecule has 0 saturated carbocycles. The molecule has 0 bridgehead atoms. The molecule has 2 aromatic heterocycles. The molecule has 5 rings (SSSR count). The van der Waals surface area contributed by atoms with E-state index in [2.05, 4.69) is 26.7 Å². The highest BCUT2D eigenvalue weighted by molar-refractivity contribution is 5.85. The first kappa shape index (κ1) is 23.7. The van der Waals surface area contributed by atoms with Gasteiger partial charge in [0.25, 0.3) is 0 Å². The molecule has 0 aliphatic carbocycles. The molecule has 0 spiro atoms. The monoisotopic (exact) mass is 481 g/mol. The molecule has 11 nitrogen and oxygen atoms in total. The number of hydrogen-bond donors (Lipinski definition) is 2. The van der Waals surface area contributed by atoms with E-state index in [9.17, 15) is 4.79 Å². The summed E-state index contributed by atoms with van der Waals surface area (Å²) in [7, 11) is 0. The lowest BCUT2D eigenvalue weighted by molar-refractivity contribution is -0.134. The quantitative estimate of drug-likeness (QED) is 0.631. The highest BCUT2D eigenvalue weighted by atomic mass is 16.5. The molecule has 1 atom stereocenters. The molecule has 1 amide bonds. The average Bonchev–Trinajstić information content (AvgIpc) is 3.49. The summed E-state index contributed by atoms with van der Waals surface area (Å²) in [4.78, 5) is 38.0. The van der Waals surface area contributed by atoms with Crippen LogP contribution in [0.25, 0.3) is 11.3 Å². The third-order valence-corrected chi connectivity index (χ3v) is 7.46. The maximum Gasteiger partial charge on any atom is 0.242 e. The number of anilines is 3. The van der Waals surface area contributed by atoms with Crippen molar-refractivity contribution in [1.82, 2.24) is 24.8 Å². The predicted octanol–water partition coefficient (Wildman–Crippen LogP) is 0.833. The molecule has 2 saturated heterocycles. The fraction of sp³-hybridized carbons (Fsp3) is 0.625. The lowest BCUT2D eigenvalue weighted by atomic mass is 9.93. The molecule has 0 aromatic carbocycles. The summed E-state index contributed by atoms with van der Waals surface area (Å²) < 4.78 is 5.55. The maximum absolute atomic E-state index is 13.0. The summed E-state index contributed by atoms with van der Waals surface area (Å²) in [6, 6.07) is 0. The van der Waals surface area contributed by atoms with Crippen LogP contribution in [0.1, 0.15) is 39.2 Å². The summed E-state index contributed by atoms with van der Waals surface area (Å²) in [6.07, 6.45) is 6.05. The molecule has 2 fully saturated rings. The molecule has 11 heteroatoms. The maximum atomic E-state index is 13.0. The third-order valence-electron chi connectivity index (χ3n) is 7.46. The van der Waals surface area contributed by atoms with Gasteiger partial charge in [0.1, 0.15) is 5.82 Å². The summed E-state index contributed by atoms with van der Waals surface area (Å²) in [6.45, 7) is 10.7. The number of hydrogen-bond acceptors (Lipinski definition) is 10. The first-order valence-electron chi connectivity index (χ1n) is 12.4. The molecule has 3 aliphatic rings. The average molecular weight is 482 g/mol. The van der Waals surface area contributed by atoms with E-state index < -0.39 is 5.54 Å². The van der Waals surface area contributed by atoms with Crippen LogP contribution in [0.15, 0.2) is 12.4 Å². The Bertz CT molecular complexity index is 1100. The van der Waals surface area contributed by atoms with E-state index in [1.165, 1.54) is 0 Å². The first-order chi connectivity index (χ1) is 16.7. The Morgan fingerprint density at radius 2 is 1.86 bits per heavy atom. The number of aromatic nitrogens is 4. The fourth-order valence-electron chi connectivity index (χ4n) is 5.45. The summed E-state index contributed by atoms with van der Waals surface area (Å²) >= 11 is 0. The number of nitrogen functional groups attached to an aromatic ring is 1. The number of carbonyl (C=O) groups excluding carboxylic acids is 1. The Hall–Kier alpha value is -3.05. The highest BCUT2D eigenvalue weighted by Crippen LogP contribution is 2.43. The number of fused-ring (bicyclic) bond motifs is 1. The van der Waals surface area contributed by atoms with Gasteiger partial charge in [0.05, 0.1) is 30.0 Å². The van der Waals surface area contributed by atoms with Crippen LogP contribution >= 0.6 is 0 Å². The van der Waals surface area contributed by atoms with E-state index in [0.717, 1.165) is 61.5 Å². The number of morpholine rings is 1. The molecular weight excluding hydrogens is 446 g/mol. The SMILES string of the molecule is CC[C@@]1(N2CCc3c(-c4cnc(N)nc4)nc(N4CCOCC4)nc32)CCN(C(=O)C(C)(C)N)C1. The minimum atomic E-state index is -0.888. The summed E-state index contributed by atoms with van der Waals surface area (Å²) in [5.41, 5.74) is 13.6. The zero-order valence-corrected chi connectivity index (χ0v) is 20.8. The molecule has 5 heterocycles. The number of nitrogens with zero attached hydrogens (tertiary/aromatic N) is 7. The lowest BCUT2D eigenvalue weighted by Gasteiger charge is -2.40. The lowest BCUT2D eigenvalue weighted by Crippen LogP contribution is -2.54. The molecular formula is C24H35N9O2. The number of amides is 1. The Morgan fingerprint density at radius 3 is 2.51 bits per heavy atom. The Balaban J connectivity index is 1.56. The van der Waals surface area contributed by atoms with E-state index in [0.29, 0.717) is 32.3 Å². The van der Waals surface area contributed by atoms with Crippen molar-refractivity contribution in [3.8, 4) is 11.3 Å². The topological polar surface area (TPSA) is 140 Å². The van der Waals surface area contributed by atoms with Crippen molar-refractivity contribution in [3.05, 3.63) is 18.0 Å². The van der Waals surface area contributed by atoms with Crippen molar-refractivity contribution in [2.24, 2.45) is 5.73 Å². The van der Waals surface area contributed by atoms with Crippen molar-refractivity contribution in [2.45, 2.75) is 51.1 Å². The van der Waals surface area contributed by atoms with Gasteiger partial charge in [-0.2, -0.15) is 4.98 Å². The van der Waals surface area contributed by atoms with Crippen LogP contribution in [-0.2, 0) is 16.0 Å².